The summed E-state index contributed by atoms with van der Waals surface area (Å²) in [5.74, 6) is 1.26. The predicted molar refractivity (Wildman–Crippen MR) is 82.1 cm³/mol. The molecule has 0 radical (unpaired) electrons. The van der Waals surface area contributed by atoms with Gasteiger partial charge in [-0.1, -0.05) is 18.2 Å². The topological polar surface area (TPSA) is 41.9 Å². The molecule has 0 fully saturated rings. The Kier molecular flexibility index (Phi) is 4.30. The highest BCUT2D eigenvalue weighted by atomic mass is 19.4. The first-order chi connectivity index (χ1) is 10.9. The second-order valence-corrected chi connectivity index (χ2v) is 5.86. The van der Waals surface area contributed by atoms with Crippen LogP contribution in [0.25, 0.3) is 0 Å². The Morgan fingerprint density at radius 2 is 2.13 bits per heavy atom. The van der Waals surface area contributed by atoms with Gasteiger partial charge in [-0.2, -0.15) is 18.3 Å². The van der Waals surface area contributed by atoms with Gasteiger partial charge in [-0.3, -0.25) is 0 Å². The van der Waals surface area contributed by atoms with Gasteiger partial charge in [0.2, 0.25) is 0 Å². The molecule has 1 aliphatic rings. The van der Waals surface area contributed by atoms with Crippen LogP contribution in [0.15, 0.2) is 36.5 Å². The van der Waals surface area contributed by atoms with Crippen molar-refractivity contribution in [2.45, 2.75) is 25.7 Å². The number of alkyl halides is 3. The lowest BCUT2D eigenvalue weighted by Gasteiger charge is -2.27. The number of anilines is 1. The Labute approximate surface area is 132 Å². The Bertz CT molecular complexity index is 665. The Balaban J connectivity index is 1.64. The zero-order valence-corrected chi connectivity index (χ0v) is 12.8. The number of hydrogen-bond acceptors (Lipinski definition) is 3. The number of benzene rings is 1. The second-order valence-electron chi connectivity index (χ2n) is 5.86. The van der Waals surface area contributed by atoms with E-state index in [1.54, 1.807) is 19.2 Å². The van der Waals surface area contributed by atoms with Gasteiger partial charge in [-0.15, -0.1) is 0 Å². The molecule has 0 saturated carbocycles. The number of fused-ring (bicyclic) bond motifs is 1. The van der Waals surface area contributed by atoms with E-state index in [9.17, 15) is 13.2 Å². The van der Waals surface area contributed by atoms with E-state index in [1.165, 1.54) is 12.1 Å². The molecule has 2 unspecified atom stereocenters. The second kappa shape index (κ2) is 6.23. The summed E-state index contributed by atoms with van der Waals surface area (Å²) in [6.07, 6.45) is -2.59. The molecule has 0 amide bonds. The van der Waals surface area contributed by atoms with Gasteiger partial charge >= 0.3 is 6.18 Å². The quantitative estimate of drug-likeness (QED) is 0.907. The summed E-state index contributed by atoms with van der Waals surface area (Å²) in [6.45, 7) is 3.93. The van der Waals surface area contributed by atoms with Crippen LogP contribution in [0.1, 0.15) is 24.1 Å². The van der Waals surface area contributed by atoms with Gasteiger partial charge in [0.25, 0.3) is 0 Å². The molecule has 1 aromatic carbocycles. The Hall–Kier alpha value is -2.02. The fraction of sp³-hybridized carbons (Fsp3) is 0.438. The molecule has 0 saturated heterocycles. The van der Waals surface area contributed by atoms with Crippen LogP contribution in [-0.2, 0) is 12.7 Å². The molecule has 2 N–H and O–H groups in total. The van der Waals surface area contributed by atoms with Gasteiger partial charge in [0, 0.05) is 37.7 Å². The van der Waals surface area contributed by atoms with Gasteiger partial charge in [0.1, 0.15) is 5.82 Å². The highest BCUT2D eigenvalue weighted by Crippen LogP contribution is 2.34. The monoisotopic (exact) mass is 324 g/mol. The molecule has 124 valence electrons. The summed E-state index contributed by atoms with van der Waals surface area (Å²) < 4.78 is 41.1. The number of rotatable bonds is 4. The summed E-state index contributed by atoms with van der Waals surface area (Å²) in [4.78, 5) is 0. The molecule has 23 heavy (non-hydrogen) atoms. The SMILES string of the molecule is CC(NCC1CNc2ccnn2C1)c1ccccc1C(F)(F)F. The standard InChI is InChI=1S/C16H19F3N4/c1-11(13-4-2-3-5-14(13)16(17,18)19)20-8-12-9-21-15-6-7-22-23(15)10-12/h2-7,11-12,20-21H,8-10H2,1H3. The first-order valence-corrected chi connectivity index (χ1v) is 7.60. The van der Waals surface area contributed by atoms with Crippen molar-refractivity contribution in [2.24, 2.45) is 5.92 Å². The molecule has 0 spiro atoms. The Morgan fingerprint density at radius 1 is 1.35 bits per heavy atom. The summed E-state index contributed by atoms with van der Waals surface area (Å²) in [5, 5.41) is 10.7. The van der Waals surface area contributed by atoms with Crippen LogP contribution in [-0.4, -0.2) is 22.9 Å². The lowest BCUT2D eigenvalue weighted by atomic mass is 10.00. The first kappa shape index (κ1) is 15.9. The van der Waals surface area contributed by atoms with Crippen molar-refractivity contribution in [1.29, 1.82) is 0 Å². The van der Waals surface area contributed by atoms with Crippen molar-refractivity contribution in [3.63, 3.8) is 0 Å². The zero-order chi connectivity index (χ0) is 16.4. The normalized spacial score (nSPS) is 19.0. The van der Waals surface area contributed by atoms with Crippen molar-refractivity contribution in [1.82, 2.24) is 15.1 Å². The Morgan fingerprint density at radius 3 is 2.91 bits per heavy atom. The van der Waals surface area contributed by atoms with E-state index < -0.39 is 11.7 Å². The van der Waals surface area contributed by atoms with Crippen molar-refractivity contribution in [3.8, 4) is 0 Å². The minimum Gasteiger partial charge on any atom is -0.370 e. The number of halogens is 3. The highest BCUT2D eigenvalue weighted by molar-refractivity contribution is 5.35. The molecule has 2 atom stereocenters. The average molecular weight is 324 g/mol. The number of nitrogens with zero attached hydrogens (tertiary/aromatic N) is 2. The predicted octanol–water partition coefficient (Wildman–Crippen LogP) is 3.29. The molecule has 2 aromatic rings. The van der Waals surface area contributed by atoms with Gasteiger partial charge in [-0.25, -0.2) is 4.68 Å². The number of hydrogen-bond donors (Lipinski definition) is 2. The van der Waals surface area contributed by atoms with Crippen molar-refractivity contribution < 1.29 is 13.2 Å². The van der Waals surface area contributed by atoms with Crippen LogP contribution in [0.4, 0.5) is 19.0 Å². The molecular weight excluding hydrogens is 305 g/mol. The fourth-order valence-corrected chi connectivity index (χ4v) is 2.91. The molecule has 0 bridgehead atoms. The molecule has 1 aliphatic heterocycles. The zero-order valence-electron chi connectivity index (χ0n) is 12.8. The summed E-state index contributed by atoms with van der Waals surface area (Å²) in [5.41, 5.74) is -0.292. The van der Waals surface area contributed by atoms with Crippen molar-refractivity contribution in [2.75, 3.05) is 18.4 Å². The minimum absolute atomic E-state index is 0.280. The largest absolute Gasteiger partial charge is 0.416 e. The van der Waals surface area contributed by atoms with E-state index in [4.69, 9.17) is 0 Å². The maximum absolute atomic E-state index is 13.1. The van der Waals surface area contributed by atoms with Crippen LogP contribution in [0.2, 0.25) is 0 Å². The van der Waals surface area contributed by atoms with Crippen molar-refractivity contribution in [3.05, 3.63) is 47.7 Å². The molecule has 2 heterocycles. The lowest BCUT2D eigenvalue weighted by Crippen LogP contribution is -2.36. The van der Waals surface area contributed by atoms with Gasteiger partial charge in [0.15, 0.2) is 0 Å². The van der Waals surface area contributed by atoms with E-state index in [0.717, 1.165) is 25.0 Å². The third-order valence-electron chi connectivity index (χ3n) is 4.16. The van der Waals surface area contributed by atoms with Crippen LogP contribution < -0.4 is 10.6 Å². The molecular formula is C16H19F3N4. The van der Waals surface area contributed by atoms with Gasteiger partial charge < -0.3 is 10.6 Å². The molecule has 1 aromatic heterocycles. The summed E-state index contributed by atoms with van der Waals surface area (Å²) in [6, 6.07) is 7.26. The molecule has 3 rings (SSSR count). The van der Waals surface area contributed by atoms with E-state index >= 15 is 0 Å². The fourth-order valence-electron chi connectivity index (χ4n) is 2.91. The average Bonchev–Trinajstić information content (AvgIpc) is 2.99. The van der Waals surface area contributed by atoms with Crippen molar-refractivity contribution >= 4 is 5.82 Å². The van der Waals surface area contributed by atoms with Crippen LogP contribution >= 0.6 is 0 Å². The lowest BCUT2D eigenvalue weighted by molar-refractivity contribution is -0.138. The smallest absolute Gasteiger partial charge is 0.370 e. The maximum Gasteiger partial charge on any atom is 0.416 e. The molecule has 4 nitrogen and oxygen atoms in total. The minimum atomic E-state index is -4.33. The van der Waals surface area contributed by atoms with Gasteiger partial charge in [-0.05, 0) is 18.6 Å². The van der Waals surface area contributed by atoms with E-state index in [0.29, 0.717) is 6.54 Å². The van der Waals surface area contributed by atoms with Gasteiger partial charge in [0.05, 0.1) is 11.8 Å². The third kappa shape index (κ3) is 3.50. The molecule has 7 heteroatoms. The van der Waals surface area contributed by atoms with E-state index in [-0.39, 0.29) is 17.5 Å². The third-order valence-corrected chi connectivity index (χ3v) is 4.16. The summed E-state index contributed by atoms with van der Waals surface area (Å²) >= 11 is 0. The maximum atomic E-state index is 13.1. The van der Waals surface area contributed by atoms with E-state index in [2.05, 4.69) is 15.7 Å². The first-order valence-electron chi connectivity index (χ1n) is 7.60. The summed E-state index contributed by atoms with van der Waals surface area (Å²) in [7, 11) is 0. The van der Waals surface area contributed by atoms with Crippen LogP contribution in [0, 0.1) is 5.92 Å². The number of nitrogens with one attached hydrogen (secondary N) is 2. The number of aromatic nitrogens is 2. The highest BCUT2D eigenvalue weighted by Gasteiger charge is 2.34. The van der Waals surface area contributed by atoms with Crippen LogP contribution in [0.5, 0.6) is 0 Å². The van der Waals surface area contributed by atoms with Crippen LogP contribution in [0.3, 0.4) is 0 Å². The molecule has 0 aliphatic carbocycles. The van der Waals surface area contributed by atoms with E-state index in [1.807, 2.05) is 10.7 Å².